The Labute approximate surface area is 190 Å². The minimum atomic E-state index is -1.81. The van der Waals surface area contributed by atoms with Gasteiger partial charge in [-0.15, -0.1) is 0 Å². The smallest absolute Gasteiger partial charge is 0.357 e. The lowest BCUT2D eigenvalue weighted by atomic mass is 9.83. The van der Waals surface area contributed by atoms with Crippen molar-refractivity contribution in [1.82, 2.24) is 5.16 Å². The highest BCUT2D eigenvalue weighted by Crippen LogP contribution is 2.45. The number of hydrogen-bond acceptors (Lipinski definition) is 9. The van der Waals surface area contributed by atoms with Gasteiger partial charge in [0, 0.05) is 23.7 Å². The first kappa shape index (κ1) is 22.1. The minimum absolute atomic E-state index is 0.0509. The zero-order valence-electron chi connectivity index (χ0n) is 18.4. The number of nitrogens with zero attached hydrogens (tertiary/aromatic N) is 2. The fourth-order valence-corrected chi connectivity index (χ4v) is 3.93. The van der Waals surface area contributed by atoms with Crippen LogP contribution >= 0.6 is 0 Å². The van der Waals surface area contributed by atoms with E-state index in [9.17, 15) is 9.59 Å². The van der Waals surface area contributed by atoms with E-state index in [1.807, 2.05) is 30.3 Å². The van der Waals surface area contributed by atoms with Gasteiger partial charge in [-0.05, 0) is 13.0 Å². The first-order valence-corrected chi connectivity index (χ1v) is 10.2. The molecule has 2 N–H and O–H groups in total. The van der Waals surface area contributed by atoms with Crippen LogP contribution in [-0.2, 0) is 23.9 Å². The number of aromatic nitrogens is 1. The summed E-state index contributed by atoms with van der Waals surface area (Å²) >= 11 is 0. The summed E-state index contributed by atoms with van der Waals surface area (Å²) in [6.07, 6.45) is -1.31. The molecule has 4 rings (SSSR count). The first-order valence-electron chi connectivity index (χ1n) is 10.2. The number of esters is 2. The average molecular weight is 449 g/mol. The molecular formula is C24H23N3O6. The van der Waals surface area contributed by atoms with E-state index in [0.717, 1.165) is 0 Å². The van der Waals surface area contributed by atoms with Crippen molar-refractivity contribution in [3.63, 3.8) is 0 Å². The Kier molecular flexibility index (Phi) is 5.87. The maximum absolute atomic E-state index is 13.2. The van der Waals surface area contributed by atoms with E-state index >= 15 is 0 Å². The van der Waals surface area contributed by atoms with Crippen LogP contribution in [0.5, 0.6) is 0 Å². The van der Waals surface area contributed by atoms with Crippen molar-refractivity contribution in [2.45, 2.75) is 32.0 Å². The molecule has 0 aliphatic carbocycles. The van der Waals surface area contributed by atoms with Crippen LogP contribution in [0.2, 0.25) is 0 Å². The van der Waals surface area contributed by atoms with Crippen LogP contribution in [-0.4, -0.2) is 35.5 Å². The zero-order chi connectivity index (χ0) is 23.6. The number of nitrogens with two attached hydrogens (primary N) is 1. The highest BCUT2D eigenvalue weighted by molar-refractivity contribution is 6.08. The van der Waals surface area contributed by atoms with Gasteiger partial charge in [0.2, 0.25) is 0 Å². The number of hydrogen-bond donors (Lipinski definition) is 1. The molecule has 0 saturated heterocycles. The molecule has 0 saturated carbocycles. The number of methoxy groups -OCH3 is 1. The van der Waals surface area contributed by atoms with E-state index in [-0.39, 0.29) is 6.42 Å². The van der Waals surface area contributed by atoms with Crippen LogP contribution in [0.1, 0.15) is 36.3 Å². The van der Waals surface area contributed by atoms with Crippen molar-refractivity contribution < 1.29 is 28.4 Å². The van der Waals surface area contributed by atoms with E-state index < -0.39 is 23.6 Å². The van der Waals surface area contributed by atoms with E-state index in [1.54, 1.807) is 31.2 Å². The molecular weight excluding hydrogens is 426 g/mol. The summed E-state index contributed by atoms with van der Waals surface area (Å²) < 4.78 is 16.2. The standard InChI is InChI=1S/C24H23N3O6/c1-14-20(21(27-32-14)16-9-5-4-6-10-16)22(31-15(2)28)24(23(29)30-3)13-19(26-33-24)17-11-7-8-12-18(17)25/h4-12,22H,13,25H2,1-3H3. The molecule has 2 unspecified atom stereocenters. The lowest BCUT2D eigenvalue weighted by molar-refractivity contribution is -0.192. The van der Waals surface area contributed by atoms with Gasteiger partial charge in [0.1, 0.15) is 11.5 Å². The van der Waals surface area contributed by atoms with E-state index in [4.69, 9.17) is 24.6 Å². The molecule has 9 heteroatoms. The van der Waals surface area contributed by atoms with Crippen molar-refractivity contribution in [3.05, 3.63) is 71.5 Å². The molecule has 3 aromatic rings. The predicted octanol–water partition coefficient (Wildman–Crippen LogP) is 3.57. The summed E-state index contributed by atoms with van der Waals surface area (Å²) in [5.74, 6) is -1.03. The number of para-hydroxylation sites is 1. The minimum Gasteiger partial charge on any atom is -0.466 e. The number of anilines is 1. The maximum atomic E-state index is 13.2. The third-order valence-corrected chi connectivity index (χ3v) is 5.48. The van der Waals surface area contributed by atoms with Gasteiger partial charge >= 0.3 is 11.9 Å². The molecule has 1 aromatic heterocycles. The molecule has 1 aliphatic heterocycles. The molecule has 2 atom stereocenters. The maximum Gasteiger partial charge on any atom is 0.357 e. The second-order valence-corrected chi connectivity index (χ2v) is 7.63. The van der Waals surface area contributed by atoms with Gasteiger partial charge < -0.3 is 24.6 Å². The Morgan fingerprint density at radius 3 is 2.48 bits per heavy atom. The second kappa shape index (κ2) is 8.78. The summed E-state index contributed by atoms with van der Waals surface area (Å²) in [6, 6.07) is 16.3. The second-order valence-electron chi connectivity index (χ2n) is 7.63. The number of oxime groups is 1. The fraction of sp³-hybridized carbons (Fsp3) is 0.250. The predicted molar refractivity (Wildman–Crippen MR) is 119 cm³/mol. The molecule has 33 heavy (non-hydrogen) atoms. The lowest BCUT2D eigenvalue weighted by Crippen LogP contribution is -2.47. The molecule has 0 fully saturated rings. The normalized spacial score (nSPS) is 18.2. The van der Waals surface area contributed by atoms with Gasteiger partial charge in [-0.3, -0.25) is 4.79 Å². The van der Waals surface area contributed by atoms with Crippen molar-refractivity contribution >= 4 is 23.3 Å². The number of nitrogen functional groups attached to an aromatic ring is 1. The monoisotopic (exact) mass is 449 g/mol. The van der Waals surface area contributed by atoms with Crippen LogP contribution in [0.4, 0.5) is 5.69 Å². The van der Waals surface area contributed by atoms with Crippen LogP contribution in [0.15, 0.2) is 64.3 Å². The van der Waals surface area contributed by atoms with Crippen LogP contribution < -0.4 is 5.73 Å². The fourth-order valence-electron chi connectivity index (χ4n) is 3.93. The molecule has 1 aliphatic rings. The quantitative estimate of drug-likeness (QED) is 0.447. The third kappa shape index (κ3) is 3.93. The topological polar surface area (TPSA) is 126 Å². The molecule has 0 radical (unpaired) electrons. The van der Waals surface area contributed by atoms with Gasteiger partial charge in [-0.25, -0.2) is 4.79 Å². The Morgan fingerprint density at radius 2 is 1.82 bits per heavy atom. The molecule has 170 valence electrons. The Hall–Kier alpha value is -4.14. The van der Waals surface area contributed by atoms with Crippen LogP contribution in [0.25, 0.3) is 11.3 Å². The number of carbonyl (C=O) groups excluding carboxylic acids is 2. The van der Waals surface area contributed by atoms with E-state index in [2.05, 4.69) is 10.3 Å². The Bertz CT molecular complexity index is 1220. The molecule has 0 spiro atoms. The summed E-state index contributed by atoms with van der Waals surface area (Å²) in [4.78, 5) is 31.1. The van der Waals surface area contributed by atoms with Gasteiger partial charge in [0.15, 0.2) is 6.10 Å². The SMILES string of the molecule is COC(=O)C1(C(OC(C)=O)c2c(-c3ccccc3)noc2C)CC(c2ccccc2N)=NO1. The van der Waals surface area contributed by atoms with Gasteiger partial charge in [0.25, 0.3) is 5.60 Å². The highest BCUT2D eigenvalue weighted by atomic mass is 16.7. The number of rotatable bonds is 6. The van der Waals surface area contributed by atoms with Gasteiger partial charge in [-0.2, -0.15) is 0 Å². The van der Waals surface area contributed by atoms with Crippen molar-refractivity contribution in [1.29, 1.82) is 0 Å². The summed E-state index contributed by atoms with van der Waals surface area (Å²) in [5, 5.41) is 8.31. The number of ether oxygens (including phenoxy) is 2. The van der Waals surface area contributed by atoms with Crippen LogP contribution in [0.3, 0.4) is 0 Å². The van der Waals surface area contributed by atoms with Crippen molar-refractivity contribution in [2.24, 2.45) is 5.16 Å². The number of aryl methyl sites for hydroxylation is 1. The zero-order valence-corrected chi connectivity index (χ0v) is 18.4. The van der Waals surface area contributed by atoms with Crippen LogP contribution in [0, 0.1) is 6.92 Å². The van der Waals surface area contributed by atoms with Crippen molar-refractivity contribution in [2.75, 3.05) is 12.8 Å². The first-order chi connectivity index (χ1) is 15.9. The van der Waals surface area contributed by atoms with E-state index in [0.29, 0.717) is 39.5 Å². The van der Waals surface area contributed by atoms with Crippen molar-refractivity contribution in [3.8, 4) is 11.3 Å². The van der Waals surface area contributed by atoms with E-state index in [1.165, 1.54) is 14.0 Å². The summed E-state index contributed by atoms with van der Waals surface area (Å²) in [5.41, 5.74) is 7.32. The lowest BCUT2D eigenvalue weighted by Gasteiger charge is -2.31. The molecule has 2 heterocycles. The van der Waals surface area contributed by atoms with Gasteiger partial charge in [0.05, 0.1) is 24.8 Å². The number of carbonyl (C=O) groups is 2. The highest BCUT2D eigenvalue weighted by Gasteiger charge is 2.58. The Morgan fingerprint density at radius 1 is 1.12 bits per heavy atom. The third-order valence-electron chi connectivity index (χ3n) is 5.48. The summed E-state index contributed by atoms with van der Waals surface area (Å²) in [7, 11) is 1.23. The molecule has 2 aromatic carbocycles. The summed E-state index contributed by atoms with van der Waals surface area (Å²) in [6.45, 7) is 2.91. The number of benzene rings is 2. The largest absolute Gasteiger partial charge is 0.466 e. The average Bonchev–Trinajstić information content (AvgIpc) is 3.43. The molecule has 9 nitrogen and oxygen atoms in total. The Balaban J connectivity index is 1.86. The van der Waals surface area contributed by atoms with Gasteiger partial charge in [-0.1, -0.05) is 58.8 Å². The molecule has 0 amide bonds. The molecule has 0 bridgehead atoms.